The number of carbonyl (C=O) groups is 2. The Labute approximate surface area is 194 Å². The quantitative estimate of drug-likeness (QED) is 0.465. The first kappa shape index (κ1) is 24.2. The molecular formula is C25H32N4O4. The van der Waals surface area contributed by atoms with Crippen LogP contribution in [0.4, 0.5) is 17.1 Å². The summed E-state index contributed by atoms with van der Waals surface area (Å²) in [6, 6.07) is 12.1. The van der Waals surface area contributed by atoms with Gasteiger partial charge in [-0.25, -0.2) is 0 Å². The van der Waals surface area contributed by atoms with Gasteiger partial charge in [0.25, 0.3) is 11.6 Å². The number of nitrogens with zero attached hydrogens (tertiary/aromatic N) is 3. The summed E-state index contributed by atoms with van der Waals surface area (Å²) in [5.41, 5.74) is 2.31. The number of nitro groups is 1. The monoisotopic (exact) mass is 452 g/mol. The van der Waals surface area contributed by atoms with Gasteiger partial charge in [-0.15, -0.1) is 0 Å². The van der Waals surface area contributed by atoms with E-state index in [2.05, 4.69) is 12.2 Å². The molecule has 2 amide bonds. The first-order chi connectivity index (χ1) is 15.8. The van der Waals surface area contributed by atoms with Gasteiger partial charge in [-0.2, -0.15) is 0 Å². The minimum atomic E-state index is -0.430. The maximum Gasteiger partial charge on any atom is 0.293 e. The summed E-state index contributed by atoms with van der Waals surface area (Å²) in [5.74, 6) is -0.232. The molecule has 2 aromatic rings. The fraction of sp³-hybridized carbons (Fsp3) is 0.440. The summed E-state index contributed by atoms with van der Waals surface area (Å²) in [6.45, 7) is 7.73. The Morgan fingerprint density at radius 2 is 2.00 bits per heavy atom. The Balaban J connectivity index is 1.80. The molecule has 0 saturated carbocycles. The van der Waals surface area contributed by atoms with Crippen molar-refractivity contribution in [1.82, 2.24) is 4.90 Å². The van der Waals surface area contributed by atoms with Crippen molar-refractivity contribution in [3.05, 3.63) is 63.7 Å². The van der Waals surface area contributed by atoms with Crippen LogP contribution in [0, 0.1) is 23.0 Å². The first-order valence-electron chi connectivity index (χ1n) is 11.5. The molecule has 2 aromatic carbocycles. The Kier molecular flexibility index (Phi) is 8.03. The summed E-state index contributed by atoms with van der Waals surface area (Å²) in [4.78, 5) is 40.7. The maximum absolute atomic E-state index is 13.2. The molecule has 1 atom stereocenters. The van der Waals surface area contributed by atoms with Crippen molar-refractivity contribution in [3.8, 4) is 0 Å². The molecule has 0 unspecified atom stereocenters. The van der Waals surface area contributed by atoms with E-state index in [0.29, 0.717) is 30.3 Å². The van der Waals surface area contributed by atoms with E-state index in [4.69, 9.17) is 0 Å². The number of hydrogen-bond donors (Lipinski definition) is 1. The highest BCUT2D eigenvalue weighted by molar-refractivity contribution is 6.00. The Morgan fingerprint density at radius 1 is 1.24 bits per heavy atom. The predicted octanol–water partition coefficient (Wildman–Crippen LogP) is 4.63. The second-order valence-electron chi connectivity index (χ2n) is 8.74. The molecular weight excluding hydrogens is 420 g/mol. The smallest absolute Gasteiger partial charge is 0.293 e. The molecule has 3 rings (SSSR count). The predicted molar refractivity (Wildman–Crippen MR) is 130 cm³/mol. The minimum absolute atomic E-state index is 0.0734. The van der Waals surface area contributed by atoms with Crippen LogP contribution in [0.25, 0.3) is 0 Å². The molecule has 0 aromatic heterocycles. The largest absolute Gasteiger partial charge is 0.366 e. The summed E-state index contributed by atoms with van der Waals surface area (Å²) in [6.07, 6.45) is 2.76. The number of aryl methyl sites for hydroxylation is 1. The van der Waals surface area contributed by atoms with E-state index >= 15 is 0 Å². The highest BCUT2D eigenvalue weighted by Crippen LogP contribution is 2.32. The molecule has 1 heterocycles. The zero-order chi connectivity index (χ0) is 24.0. The second-order valence-corrected chi connectivity index (χ2v) is 8.74. The van der Waals surface area contributed by atoms with Crippen LogP contribution >= 0.6 is 0 Å². The van der Waals surface area contributed by atoms with Crippen LogP contribution in [0.15, 0.2) is 42.5 Å². The average molecular weight is 453 g/mol. The van der Waals surface area contributed by atoms with E-state index in [0.717, 1.165) is 31.5 Å². The van der Waals surface area contributed by atoms with Gasteiger partial charge in [0.05, 0.1) is 4.92 Å². The lowest BCUT2D eigenvalue weighted by molar-refractivity contribution is -0.384. The number of nitro benzene ring substituents is 1. The fourth-order valence-corrected chi connectivity index (χ4v) is 4.26. The summed E-state index contributed by atoms with van der Waals surface area (Å²) < 4.78 is 0. The number of para-hydroxylation sites is 1. The van der Waals surface area contributed by atoms with Crippen LogP contribution in [0.2, 0.25) is 0 Å². The van der Waals surface area contributed by atoms with E-state index < -0.39 is 10.8 Å². The molecule has 0 spiro atoms. The Bertz CT molecular complexity index is 1020. The molecule has 33 heavy (non-hydrogen) atoms. The Morgan fingerprint density at radius 3 is 2.67 bits per heavy atom. The summed E-state index contributed by atoms with van der Waals surface area (Å²) in [5, 5.41) is 14.7. The van der Waals surface area contributed by atoms with Crippen molar-refractivity contribution in [3.63, 3.8) is 0 Å². The molecule has 1 aliphatic rings. The third kappa shape index (κ3) is 6.09. The highest BCUT2D eigenvalue weighted by Gasteiger charge is 2.27. The number of rotatable bonds is 8. The van der Waals surface area contributed by atoms with Crippen molar-refractivity contribution >= 4 is 28.9 Å². The van der Waals surface area contributed by atoms with Crippen molar-refractivity contribution in [2.45, 2.75) is 40.0 Å². The van der Waals surface area contributed by atoms with E-state index in [-0.39, 0.29) is 23.7 Å². The summed E-state index contributed by atoms with van der Waals surface area (Å²) >= 11 is 0. The van der Waals surface area contributed by atoms with Gasteiger partial charge in [-0.05, 0) is 55.9 Å². The molecule has 1 aliphatic heterocycles. The van der Waals surface area contributed by atoms with E-state index in [1.807, 2.05) is 43.0 Å². The van der Waals surface area contributed by atoms with Crippen LogP contribution in [0.3, 0.4) is 0 Å². The Hall–Kier alpha value is -3.42. The van der Waals surface area contributed by atoms with Gasteiger partial charge >= 0.3 is 0 Å². The molecule has 0 bridgehead atoms. The third-order valence-electron chi connectivity index (χ3n) is 5.95. The zero-order valence-electron chi connectivity index (χ0n) is 19.5. The lowest BCUT2D eigenvalue weighted by Crippen LogP contribution is -2.38. The van der Waals surface area contributed by atoms with Gasteiger partial charge in [0.15, 0.2) is 0 Å². The van der Waals surface area contributed by atoms with Crippen molar-refractivity contribution < 1.29 is 14.5 Å². The number of carbonyl (C=O) groups excluding carboxylic acids is 2. The lowest BCUT2D eigenvalue weighted by atomic mass is 9.99. The third-order valence-corrected chi connectivity index (χ3v) is 5.95. The number of nitrogens with one attached hydrogen (secondary N) is 1. The molecule has 0 radical (unpaired) electrons. The molecule has 0 aliphatic carbocycles. The number of amides is 2. The summed E-state index contributed by atoms with van der Waals surface area (Å²) in [7, 11) is 0. The van der Waals surface area contributed by atoms with Gasteiger partial charge in [0.2, 0.25) is 5.91 Å². The normalized spacial score (nSPS) is 15.7. The lowest BCUT2D eigenvalue weighted by Gasteiger charge is -2.32. The van der Waals surface area contributed by atoms with Gasteiger partial charge in [-0.1, -0.05) is 32.0 Å². The number of hydrogen-bond acceptors (Lipinski definition) is 5. The van der Waals surface area contributed by atoms with Gasteiger partial charge < -0.3 is 15.1 Å². The average Bonchev–Trinajstić information content (AvgIpc) is 2.79. The van der Waals surface area contributed by atoms with E-state index in [1.54, 1.807) is 12.1 Å². The van der Waals surface area contributed by atoms with Gasteiger partial charge in [0.1, 0.15) is 12.2 Å². The van der Waals surface area contributed by atoms with Crippen LogP contribution in [0.5, 0.6) is 0 Å². The van der Waals surface area contributed by atoms with Crippen LogP contribution in [0.1, 0.15) is 49.0 Å². The van der Waals surface area contributed by atoms with Crippen molar-refractivity contribution in [2.75, 3.05) is 36.4 Å². The number of benzene rings is 2. The van der Waals surface area contributed by atoms with Crippen LogP contribution in [-0.4, -0.2) is 47.8 Å². The zero-order valence-corrected chi connectivity index (χ0v) is 19.5. The molecule has 8 heteroatoms. The molecule has 1 saturated heterocycles. The fourth-order valence-electron chi connectivity index (χ4n) is 4.26. The topological polar surface area (TPSA) is 95.8 Å². The van der Waals surface area contributed by atoms with E-state index in [9.17, 15) is 19.7 Å². The van der Waals surface area contributed by atoms with Crippen molar-refractivity contribution in [2.24, 2.45) is 5.92 Å². The second kappa shape index (κ2) is 10.9. The number of piperidine rings is 1. The maximum atomic E-state index is 13.2. The SMILES string of the molecule is CCCN(CC(=O)Nc1ccccc1C)C(=O)c1ccc(N2CCC[C@@H](C)C2)c([N+](=O)[O-])c1. The van der Waals surface area contributed by atoms with Crippen LogP contribution < -0.4 is 10.2 Å². The standard InChI is InChI=1S/C25H32N4O4/c1-4-13-28(17-24(30)26-21-10-6-5-9-19(21)3)25(31)20-11-12-22(23(15-20)29(32)33)27-14-7-8-18(2)16-27/h5-6,9-12,15,18H,4,7-8,13-14,16-17H2,1-3H3,(H,26,30)/t18-/m1/s1. The van der Waals surface area contributed by atoms with Crippen LogP contribution in [-0.2, 0) is 4.79 Å². The first-order valence-corrected chi connectivity index (χ1v) is 11.5. The van der Waals surface area contributed by atoms with Gasteiger partial charge in [-0.3, -0.25) is 19.7 Å². The van der Waals surface area contributed by atoms with E-state index in [1.165, 1.54) is 11.0 Å². The minimum Gasteiger partial charge on any atom is -0.366 e. The molecule has 1 fully saturated rings. The van der Waals surface area contributed by atoms with Gasteiger partial charge in [0, 0.05) is 37.0 Å². The molecule has 8 nitrogen and oxygen atoms in total. The highest BCUT2D eigenvalue weighted by atomic mass is 16.6. The number of anilines is 2. The molecule has 1 N–H and O–H groups in total. The van der Waals surface area contributed by atoms with Crippen molar-refractivity contribution in [1.29, 1.82) is 0 Å². The molecule has 176 valence electrons.